The predicted octanol–water partition coefficient (Wildman–Crippen LogP) is 3.22. The van der Waals surface area contributed by atoms with Crippen molar-refractivity contribution in [1.82, 2.24) is 14.8 Å². The van der Waals surface area contributed by atoms with Crippen LogP contribution in [-0.2, 0) is 19.9 Å². The van der Waals surface area contributed by atoms with E-state index in [0.717, 1.165) is 46.1 Å². The van der Waals surface area contributed by atoms with E-state index in [1.54, 1.807) is 0 Å². The highest BCUT2D eigenvalue weighted by atomic mass is 35.5. The number of pyridine rings is 1. The molecule has 0 bridgehead atoms. The molecule has 0 spiro atoms. The van der Waals surface area contributed by atoms with Gasteiger partial charge in [-0.3, -0.25) is 9.67 Å². The smallest absolute Gasteiger partial charge is 0.0962 e. The Morgan fingerprint density at radius 1 is 1.45 bits per heavy atom. The molecule has 4 nitrogen and oxygen atoms in total. The van der Waals surface area contributed by atoms with Gasteiger partial charge < -0.3 is 5.32 Å². The van der Waals surface area contributed by atoms with Gasteiger partial charge in [-0.25, -0.2) is 0 Å². The average Bonchev–Trinajstić information content (AvgIpc) is 3.01. The van der Waals surface area contributed by atoms with Crippen molar-refractivity contribution in [1.29, 1.82) is 0 Å². The van der Waals surface area contributed by atoms with Crippen molar-refractivity contribution in [3.05, 3.63) is 35.3 Å². The van der Waals surface area contributed by atoms with Crippen LogP contribution in [0.25, 0.3) is 16.3 Å². The summed E-state index contributed by atoms with van der Waals surface area (Å²) < 4.78 is 1.92. The Kier molecular flexibility index (Phi) is 3.26. The van der Waals surface area contributed by atoms with Crippen LogP contribution in [0.3, 0.4) is 0 Å². The third-order valence-electron chi connectivity index (χ3n) is 3.74. The zero-order chi connectivity index (χ0) is 14.3. The van der Waals surface area contributed by atoms with Gasteiger partial charge in [0.15, 0.2) is 0 Å². The van der Waals surface area contributed by atoms with Crippen LogP contribution >= 0.6 is 11.6 Å². The van der Waals surface area contributed by atoms with E-state index in [4.69, 9.17) is 11.6 Å². The van der Waals surface area contributed by atoms with Crippen LogP contribution in [0, 0.1) is 0 Å². The highest BCUT2D eigenvalue weighted by Crippen LogP contribution is 2.40. The van der Waals surface area contributed by atoms with Gasteiger partial charge in [-0.05, 0) is 12.5 Å². The molecule has 0 radical (unpaired) electrons. The summed E-state index contributed by atoms with van der Waals surface area (Å²) in [6.45, 7) is 2.13. The SMILES string of the molecule is CCc1cc(-c2cnc3c(c2NC)C(Cl)=CC3)nn1C. The number of hydrogen-bond acceptors (Lipinski definition) is 3. The van der Waals surface area contributed by atoms with E-state index >= 15 is 0 Å². The first-order valence-electron chi connectivity index (χ1n) is 6.74. The number of anilines is 1. The van der Waals surface area contributed by atoms with Crippen molar-refractivity contribution < 1.29 is 0 Å². The van der Waals surface area contributed by atoms with Crippen LogP contribution in [0.5, 0.6) is 0 Å². The summed E-state index contributed by atoms with van der Waals surface area (Å²) in [5.74, 6) is 0. The van der Waals surface area contributed by atoms with Crippen LogP contribution in [0.15, 0.2) is 18.3 Å². The third-order valence-corrected chi connectivity index (χ3v) is 4.08. The fraction of sp³-hybridized carbons (Fsp3) is 0.333. The summed E-state index contributed by atoms with van der Waals surface area (Å²) >= 11 is 6.31. The molecule has 5 heteroatoms. The number of aromatic nitrogens is 3. The van der Waals surface area contributed by atoms with Gasteiger partial charge >= 0.3 is 0 Å². The van der Waals surface area contributed by atoms with Gasteiger partial charge in [0.1, 0.15) is 0 Å². The number of hydrogen-bond donors (Lipinski definition) is 1. The van der Waals surface area contributed by atoms with Crippen LogP contribution in [0.2, 0.25) is 0 Å². The molecule has 3 rings (SSSR count). The lowest BCUT2D eigenvalue weighted by molar-refractivity contribution is 0.720. The van der Waals surface area contributed by atoms with E-state index in [2.05, 4.69) is 28.4 Å². The van der Waals surface area contributed by atoms with Crippen molar-refractivity contribution in [3.63, 3.8) is 0 Å². The van der Waals surface area contributed by atoms with Crippen molar-refractivity contribution in [2.24, 2.45) is 7.05 Å². The van der Waals surface area contributed by atoms with Crippen molar-refractivity contribution in [2.75, 3.05) is 12.4 Å². The van der Waals surface area contributed by atoms with E-state index in [1.807, 2.05) is 31.1 Å². The first kappa shape index (κ1) is 13.2. The predicted molar refractivity (Wildman–Crippen MR) is 82.9 cm³/mol. The Balaban J connectivity index is 2.19. The van der Waals surface area contributed by atoms with Gasteiger partial charge in [-0.15, -0.1) is 0 Å². The molecule has 0 aliphatic heterocycles. The summed E-state index contributed by atoms with van der Waals surface area (Å²) in [6.07, 6.45) is 5.64. The second-order valence-electron chi connectivity index (χ2n) is 4.87. The van der Waals surface area contributed by atoms with Gasteiger partial charge in [0.2, 0.25) is 0 Å². The minimum Gasteiger partial charge on any atom is -0.387 e. The number of allylic oxidation sites excluding steroid dienone is 1. The third kappa shape index (κ3) is 1.91. The van der Waals surface area contributed by atoms with E-state index in [9.17, 15) is 0 Å². The maximum atomic E-state index is 6.31. The summed E-state index contributed by atoms with van der Waals surface area (Å²) in [7, 11) is 3.88. The Hall–Kier alpha value is -1.81. The second-order valence-corrected chi connectivity index (χ2v) is 5.28. The largest absolute Gasteiger partial charge is 0.387 e. The average molecular weight is 289 g/mol. The zero-order valence-corrected chi connectivity index (χ0v) is 12.6. The normalized spacial score (nSPS) is 13.3. The standard InChI is InChI=1S/C15H17ClN4/c1-4-9-7-13(19-20(9)3)10-8-18-12-6-5-11(16)14(12)15(10)17-2/h5,7-8H,4,6H2,1-3H3,(H,17,18). The first-order valence-corrected chi connectivity index (χ1v) is 7.12. The minimum atomic E-state index is 0.769. The molecule has 2 heterocycles. The maximum absolute atomic E-state index is 6.31. The molecular formula is C15H17ClN4. The van der Waals surface area contributed by atoms with E-state index < -0.39 is 0 Å². The maximum Gasteiger partial charge on any atom is 0.0962 e. The molecule has 1 N–H and O–H groups in total. The molecule has 0 aromatic carbocycles. The fourth-order valence-electron chi connectivity index (χ4n) is 2.67. The number of fused-ring (bicyclic) bond motifs is 1. The Morgan fingerprint density at radius 2 is 2.25 bits per heavy atom. The van der Waals surface area contributed by atoms with Crippen molar-refractivity contribution in [2.45, 2.75) is 19.8 Å². The molecule has 20 heavy (non-hydrogen) atoms. The van der Waals surface area contributed by atoms with Crippen LogP contribution in [0.1, 0.15) is 23.9 Å². The van der Waals surface area contributed by atoms with Gasteiger partial charge in [-0.2, -0.15) is 5.10 Å². The molecule has 0 atom stereocenters. The van der Waals surface area contributed by atoms with Gasteiger partial charge in [0, 0.05) is 48.6 Å². The molecule has 2 aromatic heterocycles. The van der Waals surface area contributed by atoms with Crippen LogP contribution in [0.4, 0.5) is 5.69 Å². The second kappa shape index (κ2) is 4.94. The zero-order valence-electron chi connectivity index (χ0n) is 11.9. The number of rotatable bonds is 3. The van der Waals surface area contributed by atoms with Crippen molar-refractivity contribution in [3.8, 4) is 11.3 Å². The van der Waals surface area contributed by atoms with Gasteiger partial charge in [-0.1, -0.05) is 24.6 Å². The van der Waals surface area contributed by atoms with Gasteiger partial charge in [0.25, 0.3) is 0 Å². The quantitative estimate of drug-likeness (QED) is 0.943. The van der Waals surface area contributed by atoms with Crippen LogP contribution < -0.4 is 5.32 Å². The number of aryl methyl sites for hydroxylation is 2. The van der Waals surface area contributed by atoms with Crippen LogP contribution in [-0.4, -0.2) is 21.8 Å². The first-order chi connectivity index (χ1) is 9.65. The molecule has 0 saturated heterocycles. The Labute approximate surface area is 123 Å². The lowest BCUT2D eigenvalue weighted by Gasteiger charge is -2.12. The molecule has 0 saturated carbocycles. The summed E-state index contributed by atoms with van der Waals surface area (Å²) in [5, 5.41) is 8.61. The number of nitrogens with one attached hydrogen (secondary N) is 1. The van der Waals surface area contributed by atoms with Crippen molar-refractivity contribution >= 4 is 22.3 Å². The molecule has 0 unspecified atom stereocenters. The monoisotopic (exact) mass is 288 g/mol. The summed E-state index contributed by atoms with van der Waals surface area (Å²) in [5.41, 5.74) is 6.17. The number of halogens is 1. The Bertz CT molecular complexity index is 700. The lowest BCUT2D eigenvalue weighted by atomic mass is 10.1. The minimum absolute atomic E-state index is 0.769. The lowest BCUT2D eigenvalue weighted by Crippen LogP contribution is -2.01. The molecule has 1 aliphatic carbocycles. The fourth-order valence-corrected chi connectivity index (χ4v) is 2.95. The topological polar surface area (TPSA) is 42.7 Å². The highest BCUT2D eigenvalue weighted by Gasteiger charge is 2.22. The highest BCUT2D eigenvalue weighted by molar-refractivity contribution is 6.50. The molecule has 2 aromatic rings. The Morgan fingerprint density at radius 3 is 2.90 bits per heavy atom. The summed E-state index contributed by atoms with van der Waals surface area (Å²) in [4.78, 5) is 4.53. The summed E-state index contributed by atoms with van der Waals surface area (Å²) in [6, 6.07) is 2.11. The molecule has 1 aliphatic rings. The van der Waals surface area contributed by atoms with E-state index in [1.165, 1.54) is 5.69 Å². The molecular weight excluding hydrogens is 272 g/mol. The van der Waals surface area contributed by atoms with E-state index in [-0.39, 0.29) is 0 Å². The van der Waals surface area contributed by atoms with Gasteiger partial charge in [0.05, 0.1) is 17.1 Å². The molecule has 104 valence electrons. The number of nitrogens with zero attached hydrogens (tertiary/aromatic N) is 3. The molecule has 0 fully saturated rings. The van der Waals surface area contributed by atoms with E-state index in [0.29, 0.717) is 0 Å². The molecule has 0 amide bonds.